The molecule has 0 spiro atoms. The summed E-state index contributed by atoms with van der Waals surface area (Å²) < 4.78 is 2.17. The lowest BCUT2D eigenvalue weighted by Gasteiger charge is -2.27. The van der Waals surface area contributed by atoms with Gasteiger partial charge < -0.3 is 15.2 Å². The van der Waals surface area contributed by atoms with E-state index >= 15 is 0 Å². The Bertz CT molecular complexity index is 842. The molecule has 2 aliphatic rings. The maximum absolute atomic E-state index is 12.7. The molecule has 9 heteroatoms. The van der Waals surface area contributed by atoms with Gasteiger partial charge in [0.15, 0.2) is 5.82 Å². The maximum Gasteiger partial charge on any atom is 0.227 e. The van der Waals surface area contributed by atoms with E-state index < -0.39 is 0 Å². The average Bonchev–Trinajstić information content (AvgIpc) is 2.91. The lowest BCUT2D eigenvalue weighted by molar-refractivity contribution is -0.120. The number of fused-ring (bicyclic) bond motifs is 1. The van der Waals surface area contributed by atoms with E-state index in [0.717, 1.165) is 68.1 Å². The number of aryl methyl sites for hydroxylation is 1. The Morgan fingerprint density at radius 2 is 2.07 bits per heavy atom. The van der Waals surface area contributed by atoms with Gasteiger partial charge in [0.05, 0.1) is 5.02 Å². The Morgan fingerprint density at radius 1 is 1.24 bits per heavy atom. The molecule has 3 heterocycles. The summed E-state index contributed by atoms with van der Waals surface area (Å²) in [6, 6.07) is 5.98. The Morgan fingerprint density at radius 3 is 2.86 bits per heavy atom. The van der Waals surface area contributed by atoms with Gasteiger partial charge in [-0.15, -0.1) is 35.0 Å². The van der Waals surface area contributed by atoms with Gasteiger partial charge in [-0.2, -0.15) is 0 Å². The third-order valence-electron chi connectivity index (χ3n) is 5.58. The van der Waals surface area contributed by atoms with Crippen LogP contribution in [0.4, 0.5) is 5.69 Å². The number of anilines is 1. The molecule has 2 atom stereocenters. The first kappa shape index (κ1) is 23.9. The molecule has 1 aromatic heterocycles. The monoisotopic (exact) mass is 459 g/mol. The second kappa shape index (κ2) is 10.6. The summed E-state index contributed by atoms with van der Waals surface area (Å²) in [5.74, 6) is 1.95. The van der Waals surface area contributed by atoms with Crippen LogP contribution < -0.4 is 10.6 Å². The Labute approximate surface area is 189 Å². The molecule has 0 saturated carbocycles. The number of carbonyl (C=O) groups is 1. The first-order valence-corrected chi connectivity index (χ1v) is 10.3. The lowest BCUT2D eigenvalue weighted by atomic mass is 9.92. The van der Waals surface area contributed by atoms with Crippen LogP contribution in [-0.4, -0.2) is 33.3 Å². The highest BCUT2D eigenvalue weighted by molar-refractivity contribution is 6.33. The van der Waals surface area contributed by atoms with Crippen molar-refractivity contribution in [2.75, 3.05) is 11.9 Å². The molecule has 4 rings (SSSR count). The number of carbonyl (C=O) groups excluding carboxylic acids is 1. The minimum Gasteiger partial charge on any atom is -0.326 e. The van der Waals surface area contributed by atoms with Crippen molar-refractivity contribution in [2.45, 2.75) is 58.0 Å². The van der Waals surface area contributed by atoms with Crippen molar-refractivity contribution in [3.05, 3.63) is 29.0 Å². The van der Waals surface area contributed by atoms with Crippen LogP contribution in [0, 0.1) is 5.92 Å². The largest absolute Gasteiger partial charge is 0.326 e. The van der Waals surface area contributed by atoms with E-state index in [0.29, 0.717) is 11.1 Å². The zero-order chi connectivity index (χ0) is 18.8. The van der Waals surface area contributed by atoms with Gasteiger partial charge in [-0.05, 0) is 57.4 Å². The van der Waals surface area contributed by atoms with E-state index in [1.807, 2.05) is 18.2 Å². The van der Waals surface area contributed by atoms with Crippen LogP contribution in [0.2, 0.25) is 5.02 Å². The zero-order valence-electron chi connectivity index (χ0n) is 16.5. The topological polar surface area (TPSA) is 71.8 Å². The number of benzene rings is 1. The second-order valence-electron chi connectivity index (χ2n) is 7.66. The smallest absolute Gasteiger partial charge is 0.227 e. The van der Waals surface area contributed by atoms with Crippen LogP contribution in [-0.2, 0) is 17.8 Å². The van der Waals surface area contributed by atoms with E-state index in [1.54, 1.807) is 0 Å². The number of piperidine rings is 1. The van der Waals surface area contributed by atoms with E-state index in [1.165, 1.54) is 6.42 Å². The Kier molecular flexibility index (Phi) is 8.76. The second-order valence-corrected chi connectivity index (χ2v) is 8.07. The van der Waals surface area contributed by atoms with Gasteiger partial charge in [-0.1, -0.05) is 18.0 Å². The number of amides is 1. The predicted molar refractivity (Wildman–Crippen MR) is 121 cm³/mol. The van der Waals surface area contributed by atoms with Crippen LogP contribution in [0.25, 0.3) is 11.4 Å². The molecule has 6 nitrogen and oxygen atoms in total. The Hall–Kier alpha value is -1.34. The number of nitrogens with zero attached hydrogens (tertiary/aromatic N) is 3. The van der Waals surface area contributed by atoms with Gasteiger partial charge in [0.25, 0.3) is 0 Å². The van der Waals surface area contributed by atoms with Crippen molar-refractivity contribution in [1.82, 2.24) is 20.1 Å². The quantitative estimate of drug-likeness (QED) is 0.707. The van der Waals surface area contributed by atoms with Crippen molar-refractivity contribution < 1.29 is 4.79 Å². The molecule has 1 fully saturated rings. The number of hydrogen-bond donors (Lipinski definition) is 2. The lowest BCUT2D eigenvalue weighted by Crippen LogP contribution is -2.40. The van der Waals surface area contributed by atoms with Gasteiger partial charge in [-0.25, -0.2) is 0 Å². The highest BCUT2D eigenvalue weighted by Gasteiger charge is 2.25. The summed E-state index contributed by atoms with van der Waals surface area (Å²) in [5.41, 5.74) is 1.59. The number of nitrogens with one attached hydrogen (secondary N) is 2. The van der Waals surface area contributed by atoms with Crippen molar-refractivity contribution in [2.24, 2.45) is 5.92 Å². The molecular formula is C20H28Cl3N5O. The van der Waals surface area contributed by atoms with Crippen molar-refractivity contribution >= 4 is 48.0 Å². The van der Waals surface area contributed by atoms with Gasteiger partial charge in [0, 0.05) is 36.2 Å². The van der Waals surface area contributed by atoms with Gasteiger partial charge >= 0.3 is 0 Å². The predicted octanol–water partition coefficient (Wildman–Crippen LogP) is 4.50. The minimum absolute atomic E-state index is 0. The number of hydrogen-bond acceptors (Lipinski definition) is 4. The molecule has 0 bridgehead atoms. The van der Waals surface area contributed by atoms with Crippen LogP contribution in [0.5, 0.6) is 0 Å². The first-order chi connectivity index (χ1) is 13.1. The number of rotatable bonds is 3. The number of aromatic nitrogens is 3. The maximum atomic E-state index is 12.7. The van der Waals surface area contributed by atoms with Crippen molar-refractivity contribution in [1.29, 1.82) is 0 Å². The average molecular weight is 461 g/mol. The molecule has 1 saturated heterocycles. The molecule has 2 aliphatic heterocycles. The summed E-state index contributed by atoms with van der Waals surface area (Å²) in [6.07, 6.45) is 6.17. The molecule has 1 amide bonds. The third kappa shape index (κ3) is 5.43. The van der Waals surface area contributed by atoms with Crippen molar-refractivity contribution in [3.63, 3.8) is 0 Å². The standard InChI is InChI=1S/C20H26ClN5O.2ClH/c1-13-11-14(8-9-22-13)20(27)23-15-6-7-17(21)16(12-15)19-25-24-18-5-3-2-4-10-26(18)19;;/h6-7,12-14,22H,2-5,8-11H2,1H3,(H,23,27);2*1H/t13-,14-;;/m0../s1. The molecule has 0 unspecified atom stereocenters. The summed E-state index contributed by atoms with van der Waals surface area (Å²) in [7, 11) is 0. The minimum atomic E-state index is 0. The fourth-order valence-electron chi connectivity index (χ4n) is 4.07. The normalized spacial score (nSPS) is 21.2. The summed E-state index contributed by atoms with van der Waals surface area (Å²) in [5, 5.41) is 15.8. The molecule has 1 aromatic carbocycles. The van der Waals surface area contributed by atoms with E-state index in [-0.39, 0.29) is 36.6 Å². The molecule has 2 aromatic rings. The van der Waals surface area contributed by atoms with E-state index in [4.69, 9.17) is 11.6 Å². The first-order valence-electron chi connectivity index (χ1n) is 9.88. The van der Waals surface area contributed by atoms with E-state index in [2.05, 4.69) is 32.3 Å². The Balaban J connectivity index is 0.00000150. The highest BCUT2D eigenvalue weighted by Crippen LogP contribution is 2.31. The fraction of sp³-hybridized carbons (Fsp3) is 0.550. The van der Waals surface area contributed by atoms with Crippen LogP contribution in [0.15, 0.2) is 18.2 Å². The number of halogens is 3. The van der Waals surface area contributed by atoms with Gasteiger partial charge in [0.1, 0.15) is 5.82 Å². The SMILES string of the molecule is C[C@H]1C[C@@H](C(=O)Nc2ccc(Cl)c(-c3nnc4n3CCCCC4)c2)CCN1.Cl.Cl. The fourth-order valence-corrected chi connectivity index (χ4v) is 4.28. The van der Waals surface area contributed by atoms with E-state index in [9.17, 15) is 4.79 Å². The zero-order valence-corrected chi connectivity index (χ0v) is 18.9. The summed E-state index contributed by atoms with van der Waals surface area (Å²) in [6.45, 7) is 3.92. The molecule has 0 radical (unpaired) electrons. The molecule has 2 N–H and O–H groups in total. The van der Waals surface area contributed by atoms with Crippen LogP contribution in [0.1, 0.15) is 44.9 Å². The third-order valence-corrected chi connectivity index (χ3v) is 5.91. The summed E-state index contributed by atoms with van der Waals surface area (Å²) in [4.78, 5) is 12.7. The van der Waals surface area contributed by atoms with Crippen LogP contribution >= 0.6 is 36.4 Å². The molecule has 160 valence electrons. The van der Waals surface area contributed by atoms with Gasteiger partial charge in [-0.3, -0.25) is 4.79 Å². The highest BCUT2D eigenvalue weighted by atomic mass is 35.5. The summed E-state index contributed by atoms with van der Waals surface area (Å²) >= 11 is 6.47. The molecule has 29 heavy (non-hydrogen) atoms. The van der Waals surface area contributed by atoms with Crippen molar-refractivity contribution in [3.8, 4) is 11.4 Å². The van der Waals surface area contributed by atoms with Gasteiger partial charge in [0.2, 0.25) is 5.91 Å². The molecular weight excluding hydrogens is 433 g/mol. The molecule has 0 aliphatic carbocycles. The van der Waals surface area contributed by atoms with Crippen LogP contribution in [0.3, 0.4) is 0 Å².